The minimum absolute atomic E-state index is 0.0236. The van der Waals surface area contributed by atoms with Crippen LogP contribution < -0.4 is 15.4 Å². The maximum absolute atomic E-state index is 12.1. The van der Waals surface area contributed by atoms with Crippen molar-refractivity contribution in [1.82, 2.24) is 0 Å². The molecule has 2 rings (SSSR count). The predicted molar refractivity (Wildman–Crippen MR) is 102 cm³/mol. The number of halogens is 3. The van der Waals surface area contributed by atoms with Gasteiger partial charge in [0.1, 0.15) is 11.4 Å². The second kappa shape index (κ2) is 8.85. The van der Waals surface area contributed by atoms with Crippen LogP contribution in [0.2, 0.25) is 0 Å². The lowest BCUT2D eigenvalue weighted by molar-refractivity contribution is -0.274. The molecular formula is C20H21F3N2O4. The van der Waals surface area contributed by atoms with Crippen molar-refractivity contribution in [2.24, 2.45) is 0 Å². The second-order valence-electron chi connectivity index (χ2n) is 7.12. The summed E-state index contributed by atoms with van der Waals surface area (Å²) in [6.07, 6.45) is -5.37. The molecule has 0 atom stereocenters. The van der Waals surface area contributed by atoms with Crippen LogP contribution in [0.3, 0.4) is 0 Å². The summed E-state index contributed by atoms with van der Waals surface area (Å²) in [7, 11) is 0. The zero-order valence-corrected chi connectivity index (χ0v) is 16.1. The Morgan fingerprint density at radius 3 is 1.86 bits per heavy atom. The van der Waals surface area contributed by atoms with Gasteiger partial charge in [-0.25, -0.2) is 4.79 Å². The Morgan fingerprint density at radius 1 is 0.862 bits per heavy atom. The van der Waals surface area contributed by atoms with Crippen LogP contribution in [0.15, 0.2) is 48.5 Å². The van der Waals surface area contributed by atoms with Gasteiger partial charge in [-0.1, -0.05) is 12.1 Å². The molecule has 2 N–H and O–H groups in total. The molecule has 156 valence electrons. The maximum Gasteiger partial charge on any atom is 0.573 e. The Bertz CT molecular complexity index is 842. The maximum atomic E-state index is 12.1. The molecule has 9 heteroatoms. The molecule has 2 aromatic carbocycles. The van der Waals surface area contributed by atoms with Crippen molar-refractivity contribution in [3.05, 3.63) is 54.1 Å². The second-order valence-corrected chi connectivity index (χ2v) is 7.12. The van der Waals surface area contributed by atoms with E-state index in [-0.39, 0.29) is 18.1 Å². The molecule has 6 nitrogen and oxygen atoms in total. The quantitative estimate of drug-likeness (QED) is 0.718. The first-order valence-electron chi connectivity index (χ1n) is 8.64. The first-order valence-corrected chi connectivity index (χ1v) is 8.64. The van der Waals surface area contributed by atoms with Crippen molar-refractivity contribution >= 4 is 23.4 Å². The average Bonchev–Trinajstić information content (AvgIpc) is 2.55. The molecule has 0 radical (unpaired) electrons. The summed E-state index contributed by atoms with van der Waals surface area (Å²) < 4.78 is 45.4. The summed E-state index contributed by atoms with van der Waals surface area (Å²) >= 11 is 0. The Hall–Kier alpha value is -3.23. The highest BCUT2D eigenvalue weighted by Crippen LogP contribution is 2.23. The minimum Gasteiger partial charge on any atom is -0.444 e. The van der Waals surface area contributed by atoms with Gasteiger partial charge < -0.3 is 14.8 Å². The van der Waals surface area contributed by atoms with E-state index < -0.39 is 18.1 Å². The van der Waals surface area contributed by atoms with Gasteiger partial charge in [0.2, 0.25) is 5.91 Å². The lowest BCUT2D eigenvalue weighted by Crippen LogP contribution is -2.27. The monoisotopic (exact) mass is 410 g/mol. The summed E-state index contributed by atoms with van der Waals surface area (Å²) in [4.78, 5) is 23.8. The van der Waals surface area contributed by atoms with Crippen LogP contribution in [0.5, 0.6) is 5.75 Å². The standard InChI is InChI=1S/C20H21F3N2O4/c1-19(2,3)29-18(27)25-15-8-6-14(7-9-15)24-17(26)12-13-4-10-16(11-5-13)28-20(21,22)23/h4-11H,12H2,1-3H3,(H,24,26)(H,25,27). The molecule has 0 heterocycles. The fourth-order valence-electron chi connectivity index (χ4n) is 2.26. The highest BCUT2D eigenvalue weighted by atomic mass is 19.4. The van der Waals surface area contributed by atoms with Crippen LogP contribution in [0.4, 0.5) is 29.3 Å². The number of hydrogen-bond donors (Lipinski definition) is 2. The van der Waals surface area contributed by atoms with Crippen LogP contribution in [-0.2, 0) is 16.0 Å². The zero-order chi connectivity index (χ0) is 21.7. The number of benzene rings is 2. The topological polar surface area (TPSA) is 76.7 Å². The first-order chi connectivity index (χ1) is 13.4. The number of carbonyl (C=O) groups is 2. The summed E-state index contributed by atoms with van der Waals surface area (Å²) in [5.74, 6) is -0.697. The van der Waals surface area contributed by atoms with E-state index in [1.807, 2.05) is 0 Å². The Labute approximate surface area is 166 Å². The largest absolute Gasteiger partial charge is 0.573 e. The van der Waals surface area contributed by atoms with Crippen molar-refractivity contribution in [2.45, 2.75) is 39.2 Å². The third-order valence-corrected chi connectivity index (χ3v) is 3.34. The number of ether oxygens (including phenoxy) is 2. The number of rotatable bonds is 5. The summed E-state index contributed by atoms with van der Waals surface area (Å²) in [6.45, 7) is 5.26. The van der Waals surface area contributed by atoms with Crippen LogP contribution in [-0.4, -0.2) is 24.0 Å². The predicted octanol–water partition coefficient (Wildman–Crippen LogP) is 5.11. The van der Waals surface area contributed by atoms with Gasteiger partial charge in [-0.3, -0.25) is 10.1 Å². The van der Waals surface area contributed by atoms with E-state index >= 15 is 0 Å². The third kappa shape index (κ3) is 8.54. The fraction of sp³-hybridized carbons (Fsp3) is 0.300. The highest BCUT2D eigenvalue weighted by molar-refractivity contribution is 5.93. The lowest BCUT2D eigenvalue weighted by Gasteiger charge is -2.19. The molecule has 29 heavy (non-hydrogen) atoms. The van der Waals surface area contributed by atoms with Gasteiger partial charge in [0.05, 0.1) is 6.42 Å². The Kier molecular flexibility index (Phi) is 6.73. The van der Waals surface area contributed by atoms with E-state index in [0.29, 0.717) is 16.9 Å². The lowest BCUT2D eigenvalue weighted by atomic mass is 10.1. The molecule has 0 aliphatic carbocycles. The molecule has 0 saturated carbocycles. The van der Waals surface area contributed by atoms with E-state index in [1.165, 1.54) is 12.1 Å². The van der Waals surface area contributed by atoms with Crippen LogP contribution in [0.25, 0.3) is 0 Å². The van der Waals surface area contributed by atoms with Gasteiger partial charge in [-0.05, 0) is 62.7 Å². The summed E-state index contributed by atoms with van der Waals surface area (Å²) in [6, 6.07) is 11.5. The molecular weight excluding hydrogens is 389 g/mol. The number of hydrogen-bond acceptors (Lipinski definition) is 4. The molecule has 0 aliphatic heterocycles. The van der Waals surface area contributed by atoms with E-state index in [2.05, 4.69) is 15.4 Å². The van der Waals surface area contributed by atoms with E-state index in [0.717, 1.165) is 12.1 Å². The molecule has 0 bridgehead atoms. The van der Waals surface area contributed by atoms with Crippen molar-refractivity contribution < 1.29 is 32.2 Å². The molecule has 2 amide bonds. The molecule has 0 aromatic heterocycles. The fourth-order valence-corrected chi connectivity index (χ4v) is 2.26. The van der Waals surface area contributed by atoms with Gasteiger partial charge in [0.25, 0.3) is 0 Å². The van der Waals surface area contributed by atoms with Gasteiger partial charge in [0.15, 0.2) is 0 Å². The van der Waals surface area contributed by atoms with E-state index in [4.69, 9.17) is 4.74 Å². The molecule has 0 unspecified atom stereocenters. The Morgan fingerprint density at radius 2 is 1.38 bits per heavy atom. The van der Waals surface area contributed by atoms with Crippen molar-refractivity contribution in [3.8, 4) is 5.75 Å². The molecule has 2 aromatic rings. The smallest absolute Gasteiger partial charge is 0.444 e. The van der Waals surface area contributed by atoms with Gasteiger partial charge >= 0.3 is 12.5 Å². The SMILES string of the molecule is CC(C)(C)OC(=O)Nc1ccc(NC(=O)Cc2ccc(OC(F)(F)F)cc2)cc1. The van der Waals surface area contributed by atoms with Crippen LogP contribution >= 0.6 is 0 Å². The molecule has 0 fully saturated rings. The molecule has 0 aliphatic rings. The summed E-state index contributed by atoms with van der Waals surface area (Å²) in [5.41, 5.74) is 0.911. The number of nitrogens with one attached hydrogen (secondary N) is 2. The van der Waals surface area contributed by atoms with Gasteiger partial charge in [-0.2, -0.15) is 0 Å². The van der Waals surface area contributed by atoms with Gasteiger partial charge in [-0.15, -0.1) is 13.2 Å². The average molecular weight is 410 g/mol. The molecule has 0 saturated heterocycles. The van der Waals surface area contributed by atoms with Crippen molar-refractivity contribution in [3.63, 3.8) is 0 Å². The number of alkyl halides is 3. The first kappa shape index (κ1) is 22.1. The van der Waals surface area contributed by atoms with Crippen molar-refractivity contribution in [1.29, 1.82) is 0 Å². The highest BCUT2D eigenvalue weighted by Gasteiger charge is 2.30. The molecule has 0 spiro atoms. The van der Waals surface area contributed by atoms with Crippen molar-refractivity contribution in [2.75, 3.05) is 10.6 Å². The third-order valence-electron chi connectivity index (χ3n) is 3.34. The van der Waals surface area contributed by atoms with E-state index in [1.54, 1.807) is 45.0 Å². The van der Waals surface area contributed by atoms with E-state index in [9.17, 15) is 22.8 Å². The normalized spacial score (nSPS) is 11.5. The number of anilines is 2. The zero-order valence-electron chi connectivity index (χ0n) is 16.1. The Balaban J connectivity index is 1.87. The number of carbonyl (C=O) groups excluding carboxylic acids is 2. The summed E-state index contributed by atoms with van der Waals surface area (Å²) in [5, 5.41) is 5.24. The minimum atomic E-state index is -4.76. The van der Waals surface area contributed by atoms with Crippen LogP contribution in [0, 0.1) is 0 Å². The number of amides is 2. The van der Waals surface area contributed by atoms with Gasteiger partial charge in [0, 0.05) is 11.4 Å². The van der Waals surface area contributed by atoms with Crippen LogP contribution in [0.1, 0.15) is 26.3 Å².